The Balaban J connectivity index is 1.74. The molecule has 10 nitrogen and oxygen atoms in total. The number of rotatable bonds is 5. The summed E-state index contributed by atoms with van der Waals surface area (Å²) in [4.78, 5) is 47.7. The second kappa shape index (κ2) is 9.59. The van der Waals surface area contributed by atoms with E-state index in [-0.39, 0.29) is 33.1 Å². The summed E-state index contributed by atoms with van der Waals surface area (Å²) in [5, 5.41) is 23.1. The van der Waals surface area contributed by atoms with Crippen LogP contribution in [0.1, 0.15) is 43.5 Å². The van der Waals surface area contributed by atoms with Gasteiger partial charge in [-0.1, -0.05) is 44.2 Å². The molecule has 1 fully saturated rings. The topological polar surface area (TPSA) is 136 Å². The van der Waals surface area contributed by atoms with Crippen LogP contribution in [-0.4, -0.2) is 38.8 Å². The molecular formula is C28H24N4O6S. The van der Waals surface area contributed by atoms with E-state index in [9.17, 15) is 24.8 Å². The van der Waals surface area contributed by atoms with Gasteiger partial charge in [0.2, 0.25) is 0 Å². The van der Waals surface area contributed by atoms with Gasteiger partial charge in [-0.25, -0.2) is 4.98 Å². The number of aliphatic hydroxyl groups excluding tert-OH is 1. The Hall–Kier alpha value is -4.64. The number of hydrogen-bond acceptors (Lipinski definition) is 9. The molecule has 2 aromatic heterocycles. The summed E-state index contributed by atoms with van der Waals surface area (Å²) in [5.41, 5.74) is 1.57. The van der Waals surface area contributed by atoms with Gasteiger partial charge < -0.3 is 9.84 Å². The van der Waals surface area contributed by atoms with Crippen molar-refractivity contribution < 1.29 is 24.4 Å². The summed E-state index contributed by atoms with van der Waals surface area (Å²) in [6.07, 6.45) is 3.07. The zero-order valence-corrected chi connectivity index (χ0v) is 22.4. The van der Waals surface area contributed by atoms with Crippen LogP contribution in [0.3, 0.4) is 0 Å². The van der Waals surface area contributed by atoms with Gasteiger partial charge in [0.15, 0.2) is 5.13 Å². The smallest absolute Gasteiger partial charge is 0.301 e. The minimum atomic E-state index is -1.04. The first-order valence-corrected chi connectivity index (χ1v) is 12.8. The number of hydrogen-bond donors (Lipinski definition) is 1. The van der Waals surface area contributed by atoms with E-state index in [1.54, 1.807) is 30.5 Å². The summed E-state index contributed by atoms with van der Waals surface area (Å²) in [5.74, 6) is -1.83. The van der Waals surface area contributed by atoms with Gasteiger partial charge in [-0.2, -0.15) is 0 Å². The normalized spacial score (nSPS) is 17.1. The molecule has 1 unspecified atom stereocenters. The van der Waals surface area contributed by atoms with Gasteiger partial charge in [-0.05, 0) is 40.8 Å². The van der Waals surface area contributed by atoms with Crippen LogP contribution >= 0.6 is 11.3 Å². The number of carbonyl (C=O) groups is 2. The molecule has 4 aromatic rings. The Kier molecular flexibility index (Phi) is 6.39. The molecule has 1 aliphatic rings. The molecule has 1 atom stereocenters. The number of non-ortho nitro benzene ring substituents is 1. The van der Waals surface area contributed by atoms with Crippen molar-refractivity contribution in [1.82, 2.24) is 9.97 Å². The number of Topliss-reactive ketones (excluding diaryl/α,β-unsaturated/α-hetero) is 1. The third kappa shape index (κ3) is 4.50. The molecule has 5 rings (SSSR count). The first kappa shape index (κ1) is 26.0. The number of nitro benzene ring substituents is 1. The van der Waals surface area contributed by atoms with Crippen molar-refractivity contribution in [2.24, 2.45) is 0 Å². The van der Waals surface area contributed by atoms with Crippen molar-refractivity contribution in [3.63, 3.8) is 0 Å². The number of fused-ring (bicyclic) bond motifs is 1. The molecule has 0 radical (unpaired) electrons. The Labute approximate surface area is 227 Å². The second-order valence-corrected chi connectivity index (χ2v) is 11.0. The third-order valence-electron chi connectivity index (χ3n) is 6.54. The Bertz CT molecular complexity index is 1670. The van der Waals surface area contributed by atoms with E-state index >= 15 is 0 Å². The molecule has 1 aliphatic heterocycles. The number of carbonyl (C=O) groups excluding carboxylic acids is 2. The van der Waals surface area contributed by atoms with Crippen LogP contribution in [0.2, 0.25) is 0 Å². The SMILES string of the molecule is COc1ccc(C(C)(C)C)cc1/C(O)=C1\C(=O)C(=O)N(c2nc3ccc([N+](=O)[O-])cc3s2)C1c1cccnc1. The Morgan fingerprint density at radius 3 is 2.56 bits per heavy atom. The molecule has 11 heteroatoms. The molecule has 1 amide bonds. The highest BCUT2D eigenvalue weighted by atomic mass is 32.1. The van der Waals surface area contributed by atoms with E-state index in [0.717, 1.165) is 16.9 Å². The van der Waals surface area contributed by atoms with Gasteiger partial charge in [0.25, 0.3) is 11.5 Å². The van der Waals surface area contributed by atoms with E-state index in [1.165, 1.54) is 36.4 Å². The largest absolute Gasteiger partial charge is 0.507 e. The second-order valence-electron chi connectivity index (χ2n) is 10.0. The molecule has 0 aliphatic carbocycles. The minimum Gasteiger partial charge on any atom is -0.507 e. The number of nitro groups is 1. The van der Waals surface area contributed by atoms with Crippen LogP contribution in [0.4, 0.5) is 10.8 Å². The number of aliphatic hydroxyl groups is 1. The average molecular weight is 545 g/mol. The fourth-order valence-corrected chi connectivity index (χ4v) is 5.53. The molecule has 0 spiro atoms. The number of methoxy groups -OCH3 is 1. The zero-order valence-electron chi connectivity index (χ0n) is 21.5. The quantitative estimate of drug-likeness (QED) is 0.114. The molecule has 39 heavy (non-hydrogen) atoms. The number of thiazole rings is 1. The maximum Gasteiger partial charge on any atom is 0.301 e. The molecule has 1 saturated heterocycles. The van der Waals surface area contributed by atoms with E-state index in [2.05, 4.69) is 9.97 Å². The van der Waals surface area contributed by atoms with Crippen LogP contribution in [-0.2, 0) is 15.0 Å². The summed E-state index contributed by atoms with van der Waals surface area (Å²) in [7, 11) is 1.46. The van der Waals surface area contributed by atoms with Crippen LogP contribution in [0, 0.1) is 10.1 Å². The maximum absolute atomic E-state index is 13.5. The predicted octanol–water partition coefficient (Wildman–Crippen LogP) is 5.53. The van der Waals surface area contributed by atoms with Crippen molar-refractivity contribution >= 4 is 49.8 Å². The van der Waals surface area contributed by atoms with E-state index in [1.807, 2.05) is 26.8 Å². The van der Waals surface area contributed by atoms with Crippen molar-refractivity contribution in [3.8, 4) is 5.75 Å². The van der Waals surface area contributed by atoms with Crippen molar-refractivity contribution in [1.29, 1.82) is 0 Å². The molecule has 0 saturated carbocycles. The fourth-order valence-electron chi connectivity index (χ4n) is 4.51. The molecule has 198 valence electrons. The number of aromatic nitrogens is 2. The molecule has 1 N–H and O–H groups in total. The molecular weight excluding hydrogens is 520 g/mol. The van der Waals surface area contributed by atoms with E-state index in [4.69, 9.17) is 4.74 Å². The lowest BCUT2D eigenvalue weighted by molar-refractivity contribution is -0.384. The summed E-state index contributed by atoms with van der Waals surface area (Å²) < 4.78 is 5.97. The monoisotopic (exact) mass is 544 g/mol. The number of amides is 1. The first-order chi connectivity index (χ1) is 18.5. The number of pyridine rings is 1. The zero-order chi connectivity index (χ0) is 28.1. The van der Waals surface area contributed by atoms with Gasteiger partial charge in [0.1, 0.15) is 11.5 Å². The van der Waals surface area contributed by atoms with Crippen molar-refractivity contribution in [2.75, 3.05) is 12.0 Å². The van der Waals surface area contributed by atoms with Gasteiger partial charge >= 0.3 is 5.91 Å². The minimum absolute atomic E-state index is 0.116. The number of ketones is 1. The molecule has 2 aromatic carbocycles. The van der Waals surface area contributed by atoms with Crippen molar-refractivity contribution in [2.45, 2.75) is 32.2 Å². The van der Waals surface area contributed by atoms with Gasteiger partial charge in [0, 0.05) is 24.5 Å². The maximum atomic E-state index is 13.5. The lowest BCUT2D eigenvalue weighted by Crippen LogP contribution is -2.29. The van der Waals surface area contributed by atoms with Gasteiger partial charge in [-0.3, -0.25) is 29.6 Å². The standard InChI is InChI=1S/C28H24N4O6S/c1-28(2,3)16-7-10-20(38-4)18(12-16)24(33)22-23(15-6-5-11-29-14-15)31(26(35)25(22)34)27-30-19-9-8-17(32(36)37)13-21(19)39-27/h5-14,23,33H,1-4H3/b24-22+. The van der Waals surface area contributed by atoms with Crippen LogP contribution in [0.5, 0.6) is 5.75 Å². The van der Waals surface area contributed by atoms with E-state index in [0.29, 0.717) is 21.5 Å². The average Bonchev–Trinajstić information content (AvgIpc) is 3.45. The number of nitrogens with zero attached hydrogens (tertiary/aromatic N) is 4. The Morgan fingerprint density at radius 1 is 1.15 bits per heavy atom. The Morgan fingerprint density at radius 2 is 1.92 bits per heavy atom. The van der Waals surface area contributed by atoms with Crippen LogP contribution in [0.25, 0.3) is 16.0 Å². The highest BCUT2D eigenvalue weighted by Crippen LogP contribution is 2.45. The summed E-state index contributed by atoms with van der Waals surface area (Å²) >= 11 is 1.04. The van der Waals surface area contributed by atoms with Crippen LogP contribution < -0.4 is 9.64 Å². The highest BCUT2D eigenvalue weighted by molar-refractivity contribution is 7.22. The number of anilines is 1. The lowest BCUT2D eigenvalue weighted by atomic mass is 9.85. The lowest BCUT2D eigenvalue weighted by Gasteiger charge is -2.24. The van der Waals surface area contributed by atoms with Crippen LogP contribution in [0.15, 0.2) is 66.5 Å². The first-order valence-electron chi connectivity index (χ1n) is 12.0. The van der Waals surface area contributed by atoms with E-state index < -0.39 is 22.7 Å². The number of ether oxygens (including phenoxy) is 1. The predicted molar refractivity (Wildman–Crippen MR) is 147 cm³/mol. The highest BCUT2D eigenvalue weighted by Gasteiger charge is 2.48. The van der Waals surface area contributed by atoms with Gasteiger partial charge in [0.05, 0.1) is 39.4 Å². The van der Waals surface area contributed by atoms with Crippen molar-refractivity contribution in [3.05, 3.63) is 93.3 Å². The summed E-state index contributed by atoms with van der Waals surface area (Å²) in [6, 6.07) is 11.9. The molecule has 0 bridgehead atoms. The molecule has 3 heterocycles. The fraction of sp³-hybridized carbons (Fsp3) is 0.214. The summed E-state index contributed by atoms with van der Waals surface area (Å²) in [6.45, 7) is 6.06. The van der Waals surface area contributed by atoms with Gasteiger partial charge in [-0.15, -0.1) is 0 Å². The number of benzene rings is 2. The third-order valence-corrected chi connectivity index (χ3v) is 7.56.